The van der Waals surface area contributed by atoms with Gasteiger partial charge >= 0.3 is 0 Å². The number of aromatic nitrogens is 4. The molecule has 1 N–H and O–H groups in total. The molecule has 0 unspecified atom stereocenters. The molecule has 110 valence electrons. The molecule has 0 fully saturated rings. The largest absolute Gasteiger partial charge is 0.308 e. The smallest absolute Gasteiger partial charge is 0.0638 e. The molecule has 0 spiro atoms. The Balaban J connectivity index is 1.83. The quantitative estimate of drug-likeness (QED) is 0.844. The average molecular weight is 275 g/mol. The zero-order valence-electron chi connectivity index (χ0n) is 12.9. The topological polar surface area (TPSA) is 47.7 Å². The van der Waals surface area contributed by atoms with Crippen LogP contribution >= 0.6 is 0 Å². The number of nitrogens with zero attached hydrogens (tertiary/aromatic N) is 4. The summed E-state index contributed by atoms with van der Waals surface area (Å²) in [5, 5.41) is 12.3. The molecular formula is C15H25N5. The molecule has 0 amide bonds. The highest BCUT2D eigenvalue weighted by Gasteiger charge is 2.04. The lowest BCUT2D eigenvalue weighted by Gasteiger charge is -2.04. The Kier molecular flexibility index (Phi) is 4.95. The van der Waals surface area contributed by atoms with E-state index in [1.807, 2.05) is 15.6 Å². The lowest BCUT2D eigenvalue weighted by Crippen LogP contribution is -2.12. The highest BCUT2D eigenvalue weighted by molar-refractivity contribution is 5.15. The third-order valence-corrected chi connectivity index (χ3v) is 3.26. The Morgan fingerprint density at radius 2 is 2.00 bits per heavy atom. The first kappa shape index (κ1) is 14.8. The lowest BCUT2D eigenvalue weighted by atomic mass is 10.2. The fourth-order valence-electron chi connectivity index (χ4n) is 2.21. The molecule has 2 aromatic rings. The first-order valence-corrected chi connectivity index (χ1v) is 7.33. The van der Waals surface area contributed by atoms with E-state index in [0.717, 1.165) is 31.9 Å². The fraction of sp³-hybridized carbons (Fsp3) is 0.600. The van der Waals surface area contributed by atoms with Gasteiger partial charge in [0.1, 0.15) is 0 Å². The van der Waals surface area contributed by atoms with Crippen molar-refractivity contribution >= 4 is 0 Å². The Morgan fingerprint density at radius 1 is 1.20 bits per heavy atom. The van der Waals surface area contributed by atoms with Crippen molar-refractivity contribution in [3.05, 3.63) is 35.4 Å². The molecule has 20 heavy (non-hydrogen) atoms. The van der Waals surface area contributed by atoms with Crippen molar-refractivity contribution in [1.29, 1.82) is 0 Å². The molecule has 0 aliphatic heterocycles. The maximum absolute atomic E-state index is 4.45. The third-order valence-electron chi connectivity index (χ3n) is 3.26. The summed E-state index contributed by atoms with van der Waals surface area (Å²) in [7, 11) is 0. The minimum Gasteiger partial charge on any atom is -0.308 e. The Hall–Kier alpha value is -1.62. The van der Waals surface area contributed by atoms with Gasteiger partial charge in [0.05, 0.1) is 11.9 Å². The summed E-state index contributed by atoms with van der Waals surface area (Å²) < 4.78 is 4.00. The molecule has 0 atom stereocenters. The lowest BCUT2D eigenvalue weighted by molar-refractivity contribution is 0.482. The van der Waals surface area contributed by atoms with Gasteiger partial charge in [0.25, 0.3) is 0 Å². The van der Waals surface area contributed by atoms with Crippen LogP contribution in [-0.2, 0) is 26.2 Å². The maximum Gasteiger partial charge on any atom is 0.0638 e. The van der Waals surface area contributed by atoms with Crippen LogP contribution in [0.2, 0.25) is 0 Å². The van der Waals surface area contributed by atoms with Gasteiger partial charge in [-0.3, -0.25) is 9.36 Å². The normalized spacial score (nSPS) is 11.4. The summed E-state index contributed by atoms with van der Waals surface area (Å²) in [6.45, 7) is 12.2. The molecule has 2 heterocycles. The summed E-state index contributed by atoms with van der Waals surface area (Å²) in [6, 6.07) is 0. The van der Waals surface area contributed by atoms with Crippen LogP contribution in [0.15, 0.2) is 18.6 Å². The van der Waals surface area contributed by atoms with Crippen molar-refractivity contribution in [3.63, 3.8) is 0 Å². The molecule has 2 aromatic heterocycles. The maximum atomic E-state index is 4.45. The van der Waals surface area contributed by atoms with Crippen molar-refractivity contribution in [2.45, 2.75) is 53.9 Å². The second-order valence-electron chi connectivity index (χ2n) is 5.66. The van der Waals surface area contributed by atoms with Crippen molar-refractivity contribution in [2.75, 3.05) is 0 Å². The second-order valence-corrected chi connectivity index (χ2v) is 5.66. The summed E-state index contributed by atoms with van der Waals surface area (Å²) in [5.74, 6) is 0.623. The van der Waals surface area contributed by atoms with Crippen LogP contribution in [0.5, 0.6) is 0 Å². The van der Waals surface area contributed by atoms with Gasteiger partial charge in [0.2, 0.25) is 0 Å². The van der Waals surface area contributed by atoms with Crippen LogP contribution in [0.4, 0.5) is 0 Å². The van der Waals surface area contributed by atoms with E-state index < -0.39 is 0 Å². The summed E-state index contributed by atoms with van der Waals surface area (Å²) in [6.07, 6.45) is 6.18. The van der Waals surface area contributed by atoms with E-state index >= 15 is 0 Å². The van der Waals surface area contributed by atoms with Gasteiger partial charge in [-0.05, 0) is 19.8 Å². The Bertz CT molecular complexity index is 538. The average Bonchev–Trinajstić information content (AvgIpc) is 2.96. The van der Waals surface area contributed by atoms with Gasteiger partial charge in [-0.25, -0.2) is 0 Å². The highest BCUT2D eigenvalue weighted by atomic mass is 15.3. The van der Waals surface area contributed by atoms with Gasteiger partial charge in [-0.2, -0.15) is 10.2 Å². The second kappa shape index (κ2) is 6.70. The predicted octanol–water partition coefficient (Wildman–Crippen LogP) is 2.35. The first-order valence-electron chi connectivity index (χ1n) is 7.33. The fourth-order valence-corrected chi connectivity index (χ4v) is 2.21. The number of rotatable bonds is 7. The van der Waals surface area contributed by atoms with Crippen molar-refractivity contribution in [3.8, 4) is 0 Å². The summed E-state index contributed by atoms with van der Waals surface area (Å²) in [5.41, 5.74) is 3.60. The van der Waals surface area contributed by atoms with E-state index in [9.17, 15) is 0 Å². The monoisotopic (exact) mass is 275 g/mol. The summed E-state index contributed by atoms with van der Waals surface area (Å²) in [4.78, 5) is 0. The van der Waals surface area contributed by atoms with E-state index in [0.29, 0.717) is 5.92 Å². The van der Waals surface area contributed by atoms with Crippen LogP contribution in [0.25, 0.3) is 0 Å². The van der Waals surface area contributed by atoms with Gasteiger partial charge in [-0.1, -0.05) is 13.8 Å². The van der Waals surface area contributed by atoms with Crippen LogP contribution in [0.3, 0.4) is 0 Å². The molecule has 0 radical (unpaired) electrons. The molecule has 0 saturated carbocycles. The van der Waals surface area contributed by atoms with Gasteiger partial charge < -0.3 is 5.32 Å². The number of nitrogens with one attached hydrogen (secondary N) is 1. The molecule has 0 aliphatic rings. The first-order chi connectivity index (χ1) is 9.58. The van der Waals surface area contributed by atoms with Crippen LogP contribution < -0.4 is 5.32 Å². The highest BCUT2D eigenvalue weighted by Crippen LogP contribution is 2.06. The third kappa shape index (κ3) is 3.93. The molecule has 0 aromatic carbocycles. The number of hydrogen-bond acceptors (Lipinski definition) is 3. The van der Waals surface area contributed by atoms with Crippen LogP contribution in [-0.4, -0.2) is 19.6 Å². The van der Waals surface area contributed by atoms with Crippen LogP contribution in [0.1, 0.15) is 37.6 Å². The van der Waals surface area contributed by atoms with Gasteiger partial charge in [-0.15, -0.1) is 0 Å². The number of hydrogen-bond donors (Lipinski definition) is 1. The van der Waals surface area contributed by atoms with Crippen molar-refractivity contribution < 1.29 is 0 Å². The minimum absolute atomic E-state index is 0.623. The van der Waals surface area contributed by atoms with E-state index in [1.54, 1.807) is 0 Å². The van der Waals surface area contributed by atoms with E-state index in [2.05, 4.69) is 55.6 Å². The van der Waals surface area contributed by atoms with Gasteiger partial charge in [0.15, 0.2) is 0 Å². The zero-order valence-corrected chi connectivity index (χ0v) is 12.9. The van der Waals surface area contributed by atoms with E-state index in [-0.39, 0.29) is 0 Å². The summed E-state index contributed by atoms with van der Waals surface area (Å²) >= 11 is 0. The Morgan fingerprint density at radius 3 is 2.65 bits per heavy atom. The molecule has 0 bridgehead atoms. The van der Waals surface area contributed by atoms with Crippen molar-refractivity contribution in [1.82, 2.24) is 24.9 Å². The molecule has 5 nitrogen and oxygen atoms in total. The number of aryl methyl sites for hydroxylation is 2. The van der Waals surface area contributed by atoms with Gasteiger partial charge in [0, 0.05) is 49.7 Å². The minimum atomic E-state index is 0.623. The Labute approximate surface area is 121 Å². The SMILES string of the molecule is CCn1cc(CNCc2cnn(CC(C)C)c2)c(C)n1. The van der Waals surface area contributed by atoms with Crippen molar-refractivity contribution in [2.24, 2.45) is 5.92 Å². The standard InChI is InChI=1S/C15H25N5/c1-5-19-11-15(13(4)18-19)8-16-6-14-7-17-20(10-14)9-12(2)3/h7,10-12,16H,5-6,8-9H2,1-4H3. The molecule has 0 saturated heterocycles. The molecule has 5 heteroatoms. The molecule has 0 aliphatic carbocycles. The molecular weight excluding hydrogens is 250 g/mol. The van der Waals surface area contributed by atoms with E-state index in [1.165, 1.54) is 11.1 Å². The van der Waals surface area contributed by atoms with E-state index in [4.69, 9.17) is 0 Å². The van der Waals surface area contributed by atoms with Crippen LogP contribution in [0, 0.1) is 12.8 Å². The zero-order chi connectivity index (χ0) is 14.5. The predicted molar refractivity (Wildman–Crippen MR) is 80.2 cm³/mol. The molecule has 2 rings (SSSR count).